The van der Waals surface area contributed by atoms with E-state index in [0.29, 0.717) is 19.7 Å². The lowest BCUT2D eigenvalue weighted by Gasteiger charge is -2.46. The van der Waals surface area contributed by atoms with E-state index in [1.54, 1.807) is 13.8 Å². The Morgan fingerprint density at radius 1 is 1.35 bits per heavy atom. The van der Waals surface area contributed by atoms with E-state index >= 15 is 0 Å². The summed E-state index contributed by atoms with van der Waals surface area (Å²) in [6.45, 7) is 4.26. The lowest BCUT2D eigenvalue weighted by Crippen LogP contribution is -2.65. The van der Waals surface area contributed by atoms with E-state index in [9.17, 15) is 14.4 Å². The maximum atomic E-state index is 11.7. The Hall–Kier alpha value is -1.83. The zero-order chi connectivity index (χ0) is 15.2. The average Bonchev–Trinajstić information content (AvgIpc) is 2.33. The lowest BCUT2D eigenvalue weighted by atomic mass is 9.97. The quantitative estimate of drug-likeness (QED) is 0.630. The fraction of sp³-hybridized carbons (Fsp3) is 0.750. The van der Waals surface area contributed by atoms with E-state index in [1.807, 2.05) is 0 Å². The largest absolute Gasteiger partial charge is 0.480 e. The van der Waals surface area contributed by atoms with Gasteiger partial charge < -0.3 is 24.8 Å². The molecular formula is C12H20N2O6. The molecule has 0 radical (unpaired) electrons. The molecular weight excluding hydrogens is 268 g/mol. The van der Waals surface area contributed by atoms with Crippen LogP contribution in [0.4, 0.5) is 4.79 Å². The summed E-state index contributed by atoms with van der Waals surface area (Å²) in [4.78, 5) is 34.6. The molecule has 1 saturated heterocycles. The summed E-state index contributed by atoms with van der Waals surface area (Å²) in [7, 11) is 0. The number of esters is 1. The maximum Gasteiger partial charge on any atom is 0.329 e. The van der Waals surface area contributed by atoms with Gasteiger partial charge in [-0.1, -0.05) is 0 Å². The summed E-state index contributed by atoms with van der Waals surface area (Å²) >= 11 is 0. The first-order valence-electron chi connectivity index (χ1n) is 6.40. The highest BCUT2D eigenvalue weighted by molar-refractivity contribution is 5.76. The van der Waals surface area contributed by atoms with E-state index in [-0.39, 0.29) is 31.6 Å². The van der Waals surface area contributed by atoms with Crippen LogP contribution in [0.1, 0.15) is 20.3 Å². The van der Waals surface area contributed by atoms with Gasteiger partial charge >= 0.3 is 18.0 Å². The number of carbonyl (C=O) groups is 3. The average molecular weight is 288 g/mol. The third-order valence-electron chi connectivity index (χ3n) is 2.79. The number of aliphatic carboxylic acids is 1. The van der Waals surface area contributed by atoms with Crippen LogP contribution in [-0.2, 0) is 19.1 Å². The number of carboxylic acid groups (broad SMARTS) is 1. The zero-order valence-corrected chi connectivity index (χ0v) is 11.7. The van der Waals surface area contributed by atoms with Crippen LogP contribution in [0.3, 0.4) is 0 Å². The smallest absolute Gasteiger partial charge is 0.329 e. The third-order valence-corrected chi connectivity index (χ3v) is 2.79. The van der Waals surface area contributed by atoms with Crippen LogP contribution in [0.25, 0.3) is 0 Å². The number of amides is 2. The standard InChI is InChI=1S/C12H20N2O6/c1-3-19-10(17)4-5-13-11(18)14-7-12(2,8-14)20-6-9(15)16/h3-8H2,1-2H3,(H,13,18)(H,15,16). The number of rotatable bonds is 7. The van der Waals surface area contributed by atoms with Crippen molar-refractivity contribution in [2.24, 2.45) is 0 Å². The molecule has 1 fully saturated rings. The molecule has 0 aromatic carbocycles. The summed E-state index contributed by atoms with van der Waals surface area (Å²) in [6.07, 6.45) is 0.125. The van der Waals surface area contributed by atoms with Gasteiger partial charge in [-0.15, -0.1) is 0 Å². The Labute approximate surface area is 117 Å². The molecule has 0 aromatic heterocycles. The van der Waals surface area contributed by atoms with Crippen LogP contribution in [0.5, 0.6) is 0 Å². The second-order valence-corrected chi connectivity index (χ2v) is 4.78. The monoisotopic (exact) mass is 288 g/mol. The van der Waals surface area contributed by atoms with Crippen molar-refractivity contribution in [3.05, 3.63) is 0 Å². The summed E-state index contributed by atoms with van der Waals surface area (Å²) in [5.41, 5.74) is -0.614. The highest BCUT2D eigenvalue weighted by Crippen LogP contribution is 2.24. The lowest BCUT2D eigenvalue weighted by molar-refractivity contribution is -0.159. The van der Waals surface area contributed by atoms with Crippen molar-refractivity contribution in [2.45, 2.75) is 25.9 Å². The molecule has 2 amide bonds. The van der Waals surface area contributed by atoms with Crippen molar-refractivity contribution >= 4 is 18.0 Å². The third kappa shape index (κ3) is 5.04. The van der Waals surface area contributed by atoms with Crippen molar-refractivity contribution in [3.63, 3.8) is 0 Å². The molecule has 1 rings (SSSR count). The number of hydrogen-bond donors (Lipinski definition) is 2. The number of ether oxygens (including phenoxy) is 2. The molecule has 0 aromatic rings. The summed E-state index contributed by atoms with van der Waals surface area (Å²) in [5.74, 6) is -1.39. The number of nitrogens with zero attached hydrogens (tertiary/aromatic N) is 1. The van der Waals surface area contributed by atoms with Gasteiger partial charge in [-0.2, -0.15) is 0 Å². The molecule has 0 bridgehead atoms. The van der Waals surface area contributed by atoms with Crippen molar-refractivity contribution < 1.29 is 29.0 Å². The Morgan fingerprint density at radius 3 is 2.55 bits per heavy atom. The summed E-state index contributed by atoms with van der Waals surface area (Å²) in [6, 6.07) is -0.300. The van der Waals surface area contributed by atoms with Crippen LogP contribution in [0, 0.1) is 0 Å². The summed E-state index contributed by atoms with van der Waals surface area (Å²) < 4.78 is 9.92. The van der Waals surface area contributed by atoms with Gasteiger partial charge in [0.25, 0.3) is 0 Å². The number of likely N-dealkylation sites (tertiary alicyclic amines) is 1. The van der Waals surface area contributed by atoms with Gasteiger partial charge in [0.05, 0.1) is 26.1 Å². The van der Waals surface area contributed by atoms with E-state index in [2.05, 4.69) is 5.32 Å². The minimum absolute atomic E-state index is 0.125. The topological polar surface area (TPSA) is 105 Å². The van der Waals surface area contributed by atoms with Gasteiger partial charge in [0, 0.05) is 6.54 Å². The zero-order valence-electron chi connectivity index (χ0n) is 11.7. The molecule has 0 saturated carbocycles. The molecule has 8 nitrogen and oxygen atoms in total. The van der Waals surface area contributed by atoms with Crippen molar-refractivity contribution in [2.75, 3.05) is 32.8 Å². The highest BCUT2D eigenvalue weighted by atomic mass is 16.5. The SMILES string of the molecule is CCOC(=O)CCNC(=O)N1CC(C)(OCC(=O)O)C1. The number of nitrogens with one attached hydrogen (secondary N) is 1. The number of urea groups is 1. The molecule has 2 N–H and O–H groups in total. The Balaban J connectivity index is 2.18. The molecule has 1 aliphatic heterocycles. The predicted molar refractivity (Wildman–Crippen MR) is 68.2 cm³/mol. The molecule has 0 aliphatic carbocycles. The molecule has 0 spiro atoms. The van der Waals surface area contributed by atoms with Gasteiger partial charge in [0.15, 0.2) is 0 Å². The van der Waals surface area contributed by atoms with E-state index in [4.69, 9.17) is 14.6 Å². The molecule has 0 unspecified atom stereocenters. The van der Waals surface area contributed by atoms with Crippen LogP contribution in [0.15, 0.2) is 0 Å². The normalized spacial score (nSPS) is 16.2. The first-order valence-corrected chi connectivity index (χ1v) is 6.40. The maximum absolute atomic E-state index is 11.7. The Morgan fingerprint density at radius 2 is 2.00 bits per heavy atom. The van der Waals surface area contributed by atoms with E-state index < -0.39 is 11.6 Å². The number of hydrogen-bond acceptors (Lipinski definition) is 5. The molecule has 0 atom stereocenters. The van der Waals surface area contributed by atoms with Crippen molar-refractivity contribution in [1.82, 2.24) is 10.2 Å². The Bertz CT molecular complexity index is 378. The van der Waals surface area contributed by atoms with Gasteiger partial charge in [0.2, 0.25) is 0 Å². The molecule has 1 aliphatic rings. The van der Waals surface area contributed by atoms with Crippen LogP contribution in [0.2, 0.25) is 0 Å². The van der Waals surface area contributed by atoms with Gasteiger partial charge in [-0.25, -0.2) is 9.59 Å². The van der Waals surface area contributed by atoms with Gasteiger partial charge in [0.1, 0.15) is 12.2 Å². The van der Waals surface area contributed by atoms with E-state index in [1.165, 1.54) is 4.90 Å². The highest BCUT2D eigenvalue weighted by Gasteiger charge is 2.42. The van der Waals surface area contributed by atoms with E-state index in [0.717, 1.165) is 0 Å². The first kappa shape index (κ1) is 16.2. The van der Waals surface area contributed by atoms with Gasteiger partial charge in [-0.05, 0) is 13.8 Å². The summed E-state index contributed by atoms with van der Waals surface area (Å²) in [5, 5.41) is 11.1. The molecule has 20 heavy (non-hydrogen) atoms. The predicted octanol–water partition coefficient (Wildman–Crippen LogP) is -0.175. The van der Waals surface area contributed by atoms with Crippen LogP contribution < -0.4 is 5.32 Å². The minimum atomic E-state index is -1.04. The van der Waals surface area contributed by atoms with Gasteiger partial charge in [-0.3, -0.25) is 4.79 Å². The molecule has 1 heterocycles. The second-order valence-electron chi connectivity index (χ2n) is 4.78. The van der Waals surface area contributed by atoms with Crippen LogP contribution in [-0.4, -0.2) is 66.4 Å². The molecule has 8 heteroatoms. The van der Waals surface area contributed by atoms with Crippen LogP contribution >= 0.6 is 0 Å². The minimum Gasteiger partial charge on any atom is -0.480 e. The van der Waals surface area contributed by atoms with Crippen molar-refractivity contribution in [1.29, 1.82) is 0 Å². The number of carboxylic acids is 1. The molecule has 114 valence electrons. The second kappa shape index (κ2) is 7.09. The van der Waals surface area contributed by atoms with Crippen molar-refractivity contribution in [3.8, 4) is 0 Å². The fourth-order valence-corrected chi connectivity index (χ4v) is 1.85. The number of carbonyl (C=O) groups excluding carboxylic acids is 2. The first-order chi connectivity index (χ1) is 9.36. The fourth-order valence-electron chi connectivity index (χ4n) is 1.85. The Kier molecular flexibility index (Phi) is 5.75.